The highest BCUT2D eigenvalue weighted by Gasteiger charge is 2.28. The third-order valence-corrected chi connectivity index (χ3v) is 6.99. The summed E-state index contributed by atoms with van der Waals surface area (Å²) < 4.78 is 0. The monoisotopic (exact) mass is 489 g/mol. The third-order valence-electron chi connectivity index (χ3n) is 6.27. The van der Waals surface area contributed by atoms with E-state index in [9.17, 15) is 19.5 Å². The molecular formula is C24H25Cl2N3O4. The molecule has 0 saturated heterocycles. The Balaban J connectivity index is 1.39. The van der Waals surface area contributed by atoms with Gasteiger partial charge in [0.25, 0.3) is 5.91 Å². The predicted octanol–water partition coefficient (Wildman–Crippen LogP) is 4.04. The average molecular weight is 490 g/mol. The van der Waals surface area contributed by atoms with Crippen molar-refractivity contribution in [3.8, 4) is 0 Å². The van der Waals surface area contributed by atoms with E-state index in [1.165, 1.54) is 5.56 Å². The summed E-state index contributed by atoms with van der Waals surface area (Å²) in [5.41, 5.74) is 4.23. The van der Waals surface area contributed by atoms with Crippen LogP contribution in [0.5, 0.6) is 0 Å². The molecule has 2 aliphatic carbocycles. The van der Waals surface area contributed by atoms with Gasteiger partial charge in [-0.25, -0.2) is 9.59 Å². The average Bonchev–Trinajstić information content (AvgIpc) is 3.19. The van der Waals surface area contributed by atoms with Crippen LogP contribution >= 0.6 is 23.2 Å². The molecule has 0 bridgehead atoms. The van der Waals surface area contributed by atoms with Crippen LogP contribution in [0.15, 0.2) is 30.3 Å². The van der Waals surface area contributed by atoms with Gasteiger partial charge < -0.3 is 21.1 Å². The molecule has 3 amide bonds. The molecule has 0 radical (unpaired) electrons. The van der Waals surface area contributed by atoms with Crippen LogP contribution in [0.2, 0.25) is 10.0 Å². The zero-order chi connectivity index (χ0) is 23.5. The fraction of sp³-hybridized carbons (Fsp3) is 0.375. The van der Waals surface area contributed by atoms with Crippen LogP contribution in [0.25, 0.3) is 0 Å². The number of fused-ring (bicyclic) bond motifs is 2. The van der Waals surface area contributed by atoms with E-state index in [1.807, 2.05) is 24.3 Å². The molecule has 9 heteroatoms. The van der Waals surface area contributed by atoms with Gasteiger partial charge in [-0.3, -0.25) is 4.79 Å². The van der Waals surface area contributed by atoms with E-state index in [0.717, 1.165) is 55.2 Å². The molecule has 0 aliphatic heterocycles. The third kappa shape index (κ3) is 5.09. The van der Waals surface area contributed by atoms with Gasteiger partial charge in [-0.05, 0) is 66.8 Å². The number of carbonyl (C=O) groups is 3. The number of aliphatic carboxylic acids is 1. The van der Waals surface area contributed by atoms with Crippen molar-refractivity contribution in [2.45, 2.75) is 50.6 Å². The second kappa shape index (κ2) is 10.0. The second-order valence-electron chi connectivity index (χ2n) is 8.40. The summed E-state index contributed by atoms with van der Waals surface area (Å²) in [5, 5.41) is 17.9. The summed E-state index contributed by atoms with van der Waals surface area (Å²) in [6.45, 7) is -0.290. The molecule has 0 heterocycles. The number of aryl methyl sites for hydroxylation is 2. The maximum atomic E-state index is 12.9. The number of carboxylic acids is 1. The van der Waals surface area contributed by atoms with Gasteiger partial charge in [0.2, 0.25) is 0 Å². The van der Waals surface area contributed by atoms with Crippen molar-refractivity contribution < 1.29 is 19.5 Å². The minimum Gasteiger partial charge on any atom is -0.480 e. The number of benzene rings is 2. The van der Waals surface area contributed by atoms with Gasteiger partial charge in [-0.1, -0.05) is 47.5 Å². The number of amides is 3. The Hall–Kier alpha value is -2.77. The number of carbonyl (C=O) groups excluding carboxylic acids is 2. The Morgan fingerprint density at radius 3 is 2.61 bits per heavy atom. The molecule has 2 aromatic rings. The maximum Gasteiger partial charge on any atom is 0.328 e. The largest absolute Gasteiger partial charge is 0.480 e. The van der Waals surface area contributed by atoms with Crippen LogP contribution < -0.4 is 16.0 Å². The van der Waals surface area contributed by atoms with Crippen LogP contribution in [-0.2, 0) is 24.1 Å². The molecule has 174 valence electrons. The van der Waals surface area contributed by atoms with E-state index in [1.54, 1.807) is 6.07 Å². The number of nitrogens with one attached hydrogen (secondary N) is 3. The summed E-state index contributed by atoms with van der Waals surface area (Å²) in [6.07, 6.45) is 5.25. The number of halogens is 2. The van der Waals surface area contributed by atoms with E-state index in [2.05, 4.69) is 16.0 Å². The van der Waals surface area contributed by atoms with Crippen molar-refractivity contribution in [1.82, 2.24) is 16.0 Å². The Kier molecular flexibility index (Phi) is 7.10. The number of rotatable bonds is 6. The van der Waals surface area contributed by atoms with Gasteiger partial charge in [0.1, 0.15) is 6.04 Å². The molecular weight excluding hydrogens is 465 g/mol. The van der Waals surface area contributed by atoms with Gasteiger partial charge in [-0.15, -0.1) is 0 Å². The minimum atomic E-state index is -1.35. The van der Waals surface area contributed by atoms with Gasteiger partial charge >= 0.3 is 12.0 Å². The lowest BCUT2D eigenvalue weighted by molar-refractivity contribution is -0.139. The van der Waals surface area contributed by atoms with Crippen LogP contribution in [0, 0.1) is 0 Å². The lowest BCUT2D eigenvalue weighted by Gasteiger charge is -2.22. The number of urea groups is 1. The Morgan fingerprint density at radius 1 is 1.06 bits per heavy atom. The van der Waals surface area contributed by atoms with Crippen LogP contribution in [-0.4, -0.2) is 35.6 Å². The van der Waals surface area contributed by atoms with Crippen molar-refractivity contribution in [3.05, 3.63) is 68.2 Å². The van der Waals surface area contributed by atoms with Gasteiger partial charge in [0.05, 0.1) is 28.2 Å². The molecule has 33 heavy (non-hydrogen) atoms. The molecule has 2 unspecified atom stereocenters. The summed E-state index contributed by atoms with van der Waals surface area (Å²) in [5.74, 6) is -1.96. The fourth-order valence-electron chi connectivity index (χ4n) is 4.57. The molecule has 2 atom stereocenters. The van der Waals surface area contributed by atoms with E-state index in [0.29, 0.717) is 0 Å². The SMILES string of the molecule is O=C(NCC(NC(=O)c1c(Cl)cc2c(c1Cl)CCCC2)C(=O)O)NC1CCc2ccccc21. The highest BCUT2D eigenvalue weighted by atomic mass is 35.5. The molecule has 0 saturated carbocycles. The van der Waals surface area contributed by atoms with Gasteiger partial charge in [0.15, 0.2) is 0 Å². The summed E-state index contributed by atoms with van der Waals surface area (Å²) in [7, 11) is 0. The summed E-state index contributed by atoms with van der Waals surface area (Å²) in [4.78, 5) is 37.0. The first kappa shape index (κ1) is 23.4. The smallest absolute Gasteiger partial charge is 0.328 e. The number of hydrogen-bond donors (Lipinski definition) is 4. The number of hydrogen-bond acceptors (Lipinski definition) is 3. The van der Waals surface area contributed by atoms with E-state index in [4.69, 9.17) is 23.2 Å². The fourth-order valence-corrected chi connectivity index (χ4v) is 5.33. The standard InChI is InChI=1S/C24H25Cl2N3O4/c25-17-11-14-6-2-4-8-16(14)21(26)20(17)22(30)28-19(23(31)32)12-27-24(33)29-18-10-9-13-5-1-3-7-15(13)18/h1,3,5,7,11,18-19H,2,4,6,8-10,12H2,(H,28,30)(H,31,32)(H2,27,29,33). The lowest BCUT2D eigenvalue weighted by atomic mass is 9.90. The van der Waals surface area contributed by atoms with Gasteiger partial charge in [-0.2, -0.15) is 0 Å². The molecule has 2 aliphatic rings. The molecule has 4 rings (SSSR count). The predicted molar refractivity (Wildman–Crippen MR) is 126 cm³/mol. The molecule has 0 spiro atoms. The van der Waals surface area contributed by atoms with Crippen LogP contribution in [0.4, 0.5) is 4.79 Å². The van der Waals surface area contributed by atoms with E-state index >= 15 is 0 Å². The first-order chi connectivity index (χ1) is 15.8. The Morgan fingerprint density at radius 2 is 1.82 bits per heavy atom. The Labute approximate surface area is 201 Å². The molecule has 0 aromatic heterocycles. The zero-order valence-electron chi connectivity index (χ0n) is 17.9. The van der Waals surface area contributed by atoms with Crippen molar-refractivity contribution in [1.29, 1.82) is 0 Å². The highest BCUT2D eigenvalue weighted by molar-refractivity contribution is 6.40. The molecule has 7 nitrogen and oxygen atoms in total. The molecule has 2 aromatic carbocycles. The van der Waals surface area contributed by atoms with Crippen molar-refractivity contribution in [2.75, 3.05) is 6.54 Å². The van der Waals surface area contributed by atoms with Crippen molar-refractivity contribution in [3.63, 3.8) is 0 Å². The summed E-state index contributed by atoms with van der Waals surface area (Å²) in [6, 6.07) is 7.64. The minimum absolute atomic E-state index is 0.0669. The molecule has 4 N–H and O–H groups in total. The maximum absolute atomic E-state index is 12.9. The number of carboxylic acid groups (broad SMARTS) is 1. The lowest BCUT2D eigenvalue weighted by Crippen LogP contribution is -2.50. The summed E-state index contributed by atoms with van der Waals surface area (Å²) >= 11 is 12.8. The van der Waals surface area contributed by atoms with E-state index < -0.39 is 23.9 Å². The second-order valence-corrected chi connectivity index (χ2v) is 9.19. The zero-order valence-corrected chi connectivity index (χ0v) is 19.4. The first-order valence-electron chi connectivity index (χ1n) is 11.0. The van der Waals surface area contributed by atoms with Gasteiger partial charge in [0, 0.05) is 0 Å². The molecule has 0 fully saturated rings. The van der Waals surface area contributed by atoms with Crippen molar-refractivity contribution >= 4 is 41.1 Å². The van der Waals surface area contributed by atoms with Crippen LogP contribution in [0.3, 0.4) is 0 Å². The quantitative estimate of drug-likeness (QED) is 0.490. The highest BCUT2D eigenvalue weighted by Crippen LogP contribution is 2.35. The Bertz CT molecular complexity index is 1110. The van der Waals surface area contributed by atoms with E-state index in [-0.39, 0.29) is 28.2 Å². The van der Waals surface area contributed by atoms with Crippen molar-refractivity contribution in [2.24, 2.45) is 0 Å². The van der Waals surface area contributed by atoms with Crippen LogP contribution in [0.1, 0.15) is 57.9 Å². The first-order valence-corrected chi connectivity index (χ1v) is 11.8. The topological polar surface area (TPSA) is 108 Å². The normalized spacial score (nSPS) is 17.5.